The fraction of sp³-hybridized carbons (Fsp3) is 0.0833. The Bertz CT molecular complexity index is 600. The molecule has 0 aliphatic rings. The van der Waals surface area contributed by atoms with Crippen LogP contribution in [0.25, 0.3) is 0 Å². The molecule has 0 saturated heterocycles. The minimum absolute atomic E-state index is 0.309. The molecule has 0 aliphatic carbocycles. The molecule has 0 aromatic carbocycles. The quantitative estimate of drug-likeness (QED) is 0.892. The van der Waals surface area contributed by atoms with Crippen LogP contribution in [0.4, 0.5) is 11.5 Å². The summed E-state index contributed by atoms with van der Waals surface area (Å²) in [4.78, 5) is 20.1. The second-order valence-corrected chi connectivity index (χ2v) is 4.57. The summed E-state index contributed by atoms with van der Waals surface area (Å²) in [5.41, 5.74) is 7.23. The highest BCUT2D eigenvalue weighted by Crippen LogP contribution is 2.22. The number of nitrogen functional groups attached to an aromatic ring is 1. The number of nitrogens with zero attached hydrogens (tertiary/aromatic N) is 2. The van der Waals surface area contributed by atoms with E-state index in [1.54, 1.807) is 18.2 Å². The molecule has 0 fully saturated rings. The van der Waals surface area contributed by atoms with Gasteiger partial charge in [-0.15, -0.1) is 0 Å². The van der Waals surface area contributed by atoms with E-state index < -0.39 is 0 Å². The number of anilines is 2. The summed E-state index contributed by atoms with van der Waals surface area (Å²) >= 11 is 3.28. The zero-order chi connectivity index (χ0) is 13.1. The highest BCUT2D eigenvalue weighted by Gasteiger charge is 2.10. The van der Waals surface area contributed by atoms with Crippen molar-refractivity contribution in [2.45, 2.75) is 6.92 Å². The van der Waals surface area contributed by atoms with E-state index in [4.69, 9.17) is 5.73 Å². The minimum atomic E-state index is -0.309. The Morgan fingerprint density at radius 2 is 2.22 bits per heavy atom. The lowest BCUT2D eigenvalue weighted by molar-refractivity contribution is 0.102. The van der Waals surface area contributed by atoms with Gasteiger partial charge in [0.2, 0.25) is 0 Å². The summed E-state index contributed by atoms with van der Waals surface area (Å²) in [5.74, 6) is 0.106. The van der Waals surface area contributed by atoms with Crippen LogP contribution in [0, 0.1) is 6.92 Å². The molecule has 2 heterocycles. The zero-order valence-electron chi connectivity index (χ0n) is 9.64. The number of hydrogen-bond acceptors (Lipinski definition) is 4. The molecular weight excluding hydrogens is 296 g/mol. The number of aryl methyl sites for hydroxylation is 1. The monoisotopic (exact) mass is 306 g/mol. The van der Waals surface area contributed by atoms with Crippen LogP contribution in [0.5, 0.6) is 0 Å². The van der Waals surface area contributed by atoms with Gasteiger partial charge in [-0.2, -0.15) is 0 Å². The Kier molecular flexibility index (Phi) is 3.57. The van der Waals surface area contributed by atoms with Crippen molar-refractivity contribution in [3.05, 3.63) is 46.3 Å². The molecule has 2 aromatic heterocycles. The van der Waals surface area contributed by atoms with Gasteiger partial charge >= 0.3 is 0 Å². The van der Waals surface area contributed by atoms with Crippen LogP contribution in [-0.2, 0) is 0 Å². The lowest BCUT2D eigenvalue weighted by Gasteiger charge is -2.06. The standard InChI is InChI=1S/C12H11BrN4O/c1-7-3-2-4-10(16-7)12(18)17-11-9(13)5-8(14)6-15-11/h2-6H,14H2,1H3,(H,15,17,18). The molecule has 0 atom stereocenters. The summed E-state index contributed by atoms with van der Waals surface area (Å²) in [6.07, 6.45) is 1.48. The molecule has 92 valence electrons. The van der Waals surface area contributed by atoms with Crippen LogP contribution >= 0.6 is 15.9 Å². The first-order valence-corrected chi connectivity index (χ1v) is 6.01. The Morgan fingerprint density at radius 3 is 2.89 bits per heavy atom. The van der Waals surface area contributed by atoms with E-state index in [1.165, 1.54) is 6.20 Å². The average Bonchev–Trinajstić information content (AvgIpc) is 2.32. The molecule has 3 N–H and O–H groups in total. The van der Waals surface area contributed by atoms with Crippen LogP contribution in [0.1, 0.15) is 16.2 Å². The maximum atomic E-state index is 11.9. The number of hydrogen-bond donors (Lipinski definition) is 2. The Morgan fingerprint density at radius 1 is 1.44 bits per heavy atom. The van der Waals surface area contributed by atoms with Gasteiger partial charge in [0.15, 0.2) is 0 Å². The minimum Gasteiger partial charge on any atom is -0.397 e. The van der Waals surface area contributed by atoms with Gasteiger partial charge in [0.25, 0.3) is 5.91 Å². The van der Waals surface area contributed by atoms with Crippen molar-refractivity contribution in [3.63, 3.8) is 0 Å². The molecule has 2 rings (SSSR count). The largest absolute Gasteiger partial charge is 0.397 e. The maximum absolute atomic E-state index is 11.9. The molecular formula is C12H11BrN4O. The molecule has 0 bridgehead atoms. The third-order valence-corrected chi connectivity index (χ3v) is 2.82. The van der Waals surface area contributed by atoms with E-state index in [2.05, 4.69) is 31.2 Å². The highest BCUT2D eigenvalue weighted by molar-refractivity contribution is 9.10. The van der Waals surface area contributed by atoms with Crippen LogP contribution in [0.2, 0.25) is 0 Å². The number of halogens is 1. The second-order valence-electron chi connectivity index (χ2n) is 3.72. The van der Waals surface area contributed by atoms with E-state index >= 15 is 0 Å². The number of rotatable bonds is 2. The number of pyridine rings is 2. The summed E-state index contributed by atoms with van der Waals surface area (Å²) in [6, 6.07) is 6.93. The molecule has 0 radical (unpaired) electrons. The summed E-state index contributed by atoms with van der Waals surface area (Å²) in [6.45, 7) is 1.83. The highest BCUT2D eigenvalue weighted by atomic mass is 79.9. The fourth-order valence-corrected chi connectivity index (χ4v) is 1.85. The van der Waals surface area contributed by atoms with Gasteiger partial charge < -0.3 is 11.1 Å². The third-order valence-electron chi connectivity index (χ3n) is 2.22. The van der Waals surface area contributed by atoms with Crippen molar-refractivity contribution in [1.29, 1.82) is 0 Å². The molecule has 2 aromatic rings. The van der Waals surface area contributed by atoms with Crippen LogP contribution in [0.3, 0.4) is 0 Å². The van der Waals surface area contributed by atoms with Gasteiger partial charge in [0.1, 0.15) is 11.5 Å². The van der Waals surface area contributed by atoms with Gasteiger partial charge in [0.05, 0.1) is 16.4 Å². The topological polar surface area (TPSA) is 80.9 Å². The van der Waals surface area contributed by atoms with Crippen LogP contribution in [-0.4, -0.2) is 15.9 Å². The van der Waals surface area contributed by atoms with E-state index in [0.717, 1.165) is 5.69 Å². The summed E-state index contributed by atoms with van der Waals surface area (Å²) in [7, 11) is 0. The predicted octanol–water partition coefficient (Wildman–Crippen LogP) is 2.38. The van der Waals surface area contributed by atoms with Crippen molar-refractivity contribution in [2.75, 3.05) is 11.1 Å². The van der Waals surface area contributed by atoms with Gasteiger partial charge in [-0.05, 0) is 41.1 Å². The van der Waals surface area contributed by atoms with E-state index in [1.807, 2.05) is 13.0 Å². The van der Waals surface area contributed by atoms with E-state index in [9.17, 15) is 4.79 Å². The SMILES string of the molecule is Cc1cccc(C(=O)Nc2ncc(N)cc2Br)n1. The molecule has 0 spiro atoms. The number of amides is 1. The lowest BCUT2D eigenvalue weighted by Crippen LogP contribution is -2.15. The number of nitrogens with two attached hydrogens (primary N) is 1. The average molecular weight is 307 g/mol. The number of carbonyl (C=O) groups is 1. The lowest BCUT2D eigenvalue weighted by atomic mass is 10.3. The molecule has 1 amide bonds. The number of carbonyl (C=O) groups excluding carboxylic acids is 1. The number of aromatic nitrogens is 2. The Labute approximate surface area is 113 Å². The summed E-state index contributed by atoms with van der Waals surface area (Å²) < 4.78 is 0.628. The molecule has 5 nitrogen and oxygen atoms in total. The van der Waals surface area contributed by atoms with Crippen molar-refractivity contribution in [2.24, 2.45) is 0 Å². The molecule has 0 saturated carbocycles. The van der Waals surface area contributed by atoms with Crippen molar-refractivity contribution < 1.29 is 4.79 Å². The predicted molar refractivity (Wildman–Crippen MR) is 73.3 cm³/mol. The first-order chi connectivity index (χ1) is 8.56. The van der Waals surface area contributed by atoms with Gasteiger partial charge in [-0.1, -0.05) is 6.07 Å². The van der Waals surface area contributed by atoms with Gasteiger partial charge in [-0.25, -0.2) is 9.97 Å². The first kappa shape index (κ1) is 12.5. The number of nitrogens with one attached hydrogen (secondary N) is 1. The van der Waals surface area contributed by atoms with Crippen molar-refractivity contribution in [1.82, 2.24) is 9.97 Å². The molecule has 0 unspecified atom stereocenters. The van der Waals surface area contributed by atoms with E-state index in [0.29, 0.717) is 21.7 Å². The van der Waals surface area contributed by atoms with Crippen molar-refractivity contribution in [3.8, 4) is 0 Å². The van der Waals surface area contributed by atoms with Crippen LogP contribution in [0.15, 0.2) is 34.9 Å². The van der Waals surface area contributed by atoms with Gasteiger partial charge in [-0.3, -0.25) is 4.79 Å². The molecule has 18 heavy (non-hydrogen) atoms. The zero-order valence-corrected chi connectivity index (χ0v) is 11.2. The smallest absolute Gasteiger partial charge is 0.275 e. The Hall–Kier alpha value is -1.95. The van der Waals surface area contributed by atoms with E-state index in [-0.39, 0.29) is 5.91 Å². The Balaban J connectivity index is 2.21. The maximum Gasteiger partial charge on any atom is 0.275 e. The molecule has 0 aliphatic heterocycles. The fourth-order valence-electron chi connectivity index (χ4n) is 1.39. The normalized spacial score (nSPS) is 10.1. The van der Waals surface area contributed by atoms with Crippen LogP contribution < -0.4 is 11.1 Å². The first-order valence-electron chi connectivity index (χ1n) is 5.22. The second kappa shape index (κ2) is 5.14. The third kappa shape index (κ3) is 2.84. The van der Waals surface area contributed by atoms with Gasteiger partial charge in [0, 0.05) is 5.69 Å². The molecule has 6 heteroatoms. The summed E-state index contributed by atoms with van der Waals surface area (Å²) in [5, 5.41) is 2.67. The van der Waals surface area contributed by atoms with Crippen molar-refractivity contribution >= 4 is 33.3 Å².